The van der Waals surface area contributed by atoms with E-state index in [1.54, 1.807) is 0 Å². The number of halogens is 1. The lowest BCUT2D eigenvalue weighted by Gasteiger charge is -2.24. The van der Waals surface area contributed by atoms with Gasteiger partial charge in [-0.2, -0.15) is 0 Å². The van der Waals surface area contributed by atoms with Crippen LogP contribution in [0.15, 0.2) is 24.3 Å². The molecule has 0 spiro atoms. The van der Waals surface area contributed by atoms with Gasteiger partial charge in [0.1, 0.15) is 5.82 Å². The fraction of sp³-hybridized carbons (Fsp3) is 0.600. The molecule has 1 aromatic rings. The molecule has 1 aromatic carbocycles. The third-order valence-corrected chi connectivity index (χ3v) is 3.51. The average Bonchev–Trinajstić information content (AvgIpc) is 2.43. The molecule has 1 fully saturated rings. The van der Waals surface area contributed by atoms with E-state index in [1.807, 2.05) is 12.1 Å². The minimum Gasteiger partial charge on any atom is -0.381 e. The zero-order chi connectivity index (χ0) is 13.5. The van der Waals surface area contributed by atoms with Crippen molar-refractivity contribution in [3.63, 3.8) is 0 Å². The van der Waals surface area contributed by atoms with Crippen LogP contribution in [-0.4, -0.2) is 44.3 Å². The molecule has 19 heavy (non-hydrogen) atoms. The summed E-state index contributed by atoms with van der Waals surface area (Å²) < 4.78 is 18.1. The molecule has 1 heterocycles. The Morgan fingerprint density at radius 2 is 1.95 bits per heavy atom. The molecule has 1 saturated heterocycles. The van der Waals surface area contributed by atoms with Crippen LogP contribution in [0.5, 0.6) is 0 Å². The van der Waals surface area contributed by atoms with Crippen LogP contribution in [0.3, 0.4) is 0 Å². The van der Waals surface area contributed by atoms with Crippen LogP contribution in [0.2, 0.25) is 0 Å². The summed E-state index contributed by atoms with van der Waals surface area (Å²) in [5, 5.41) is 3.57. The van der Waals surface area contributed by atoms with E-state index in [2.05, 4.69) is 17.3 Å². The zero-order valence-electron chi connectivity index (χ0n) is 11.6. The first kappa shape index (κ1) is 14.4. The first-order valence-corrected chi connectivity index (χ1v) is 6.98. The Labute approximate surface area is 114 Å². The van der Waals surface area contributed by atoms with Gasteiger partial charge in [-0.05, 0) is 37.6 Å². The molecule has 2 rings (SSSR count). The van der Waals surface area contributed by atoms with Crippen molar-refractivity contribution < 1.29 is 9.13 Å². The Balaban J connectivity index is 1.63. The van der Waals surface area contributed by atoms with E-state index in [4.69, 9.17) is 4.74 Å². The smallest absolute Gasteiger partial charge is 0.123 e. The third kappa shape index (κ3) is 5.27. The summed E-state index contributed by atoms with van der Waals surface area (Å²) in [6, 6.07) is 7.33. The molecule has 0 atom stereocenters. The standard InChI is InChI=1S/C15H23FN2O/c1-18(12-13-2-4-14(16)5-3-13)9-8-17-15-6-10-19-11-7-15/h2-5,15,17H,6-12H2,1H3. The highest BCUT2D eigenvalue weighted by atomic mass is 19.1. The van der Waals surface area contributed by atoms with E-state index >= 15 is 0 Å². The van der Waals surface area contributed by atoms with Crippen molar-refractivity contribution in [3.05, 3.63) is 35.6 Å². The number of ether oxygens (including phenoxy) is 1. The Morgan fingerprint density at radius 3 is 2.63 bits per heavy atom. The summed E-state index contributed by atoms with van der Waals surface area (Å²) in [7, 11) is 2.09. The molecule has 0 amide bonds. The summed E-state index contributed by atoms with van der Waals surface area (Å²) >= 11 is 0. The first-order valence-electron chi connectivity index (χ1n) is 6.98. The van der Waals surface area contributed by atoms with Gasteiger partial charge in [-0.25, -0.2) is 4.39 Å². The number of nitrogens with one attached hydrogen (secondary N) is 1. The highest BCUT2D eigenvalue weighted by Crippen LogP contribution is 2.07. The van der Waals surface area contributed by atoms with E-state index in [0.29, 0.717) is 6.04 Å². The molecule has 0 bridgehead atoms. The molecule has 1 N–H and O–H groups in total. The Bertz CT molecular complexity index is 363. The summed E-state index contributed by atoms with van der Waals surface area (Å²) in [5.41, 5.74) is 1.15. The topological polar surface area (TPSA) is 24.5 Å². The van der Waals surface area contributed by atoms with Gasteiger partial charge < -0.3 is 15.0 Å². The maximum atomic E-state index is 12.8. The van der Waals surface area contributed by atoms with Crippen LogP contribution in [0, 0.1) is 5.82 Å². The molecule has 4 heteroatoms. The van der Waals surface area contributed by atoms with Gasteiger partial charge in [-0.3, -0.25) is 0 Å². The van der Waals surface area contributed by atoms with Gasteiger partial charge in [0.15, 0.2) is 0 Å². The molecule has 1 aliphatic heterocycles. The number of nitrogens with zero attached hydrogens (tertiary/aromatic N) is 1. The first-order chi connectivity index (χ1) is 9.24. The average molecular weight is 266 g/mol. The lowest BCUT2D eigenvalue weighted by Crippen LogP contribution is -2.39. The molecule has 0 aliphatic carbocycles. The van der Waals surface area contributed by atoms with Crippen molar-refractivity contribution in [1.82, 2.24) is 10.2 Å². The van der Waals surface area contributed by atoms with Crippen molar-refractivity contribution >= 4 is 0 Å². The second-order valence-electron chi connectivity index (χ2n) is 5.21. The summed E-state index contributed by atoms with van der Waals surface area (Å²) in [4.78, 5) is 2.25. The predicted octanol–water partition coefficient (Wildman–Crippen LogP) is 2.03. The second-order valence-corrected chi connectivity index (χ2v) is 5.21. The molecule has 0 saturated carbocycles. The van der Waals surface area contributed by atoms with Gasteiger partial charge in [0.25, 0.3) is 0 Å². The normalized spacial score (nSPS) is 17.0. The minimum absolute atomic E-state index is 0.174. The van der Waals surface area contributed by atoms with Gasteiger partial charge in [-0.15, -0.1) is 0 Å². The van der Waals surface area contributed by atoms with E-state index < -0.39 is 0 Å². The van der Waals surface area contributed by atoms with Gasteiger partial charge >= 0.3 is 0 Å². The van der Waals surface area contributed by atoms with Crippen LogP contribution in [0.1, 0.15) is 18.4 Å². The second kappa shape index (κ2) is 7.58. The van der Waals surface area contributed by atoms with E-state index in [-0.39, 0.29) is 5.82 Å². The zero-order valence-corrected chi connectivity index (χ0v) is 11.6. The van der Waals surface area contributed by atoms with Crippen LogP contribution >= 0.6 is 0 Å². The largest absolute Gasteiger partial charge is 0.381 e. The Morgan fingerprint density at radius 1 is 1.26 bits per heavy atom. The molecule has 0 radical (unpaired) electrons. The van der Waals surface area contributed by atoms with Crippen LogP contribution < -0.4 is 5.32 Å². The molecule has 106 valence electrons. The van der Waals surface area contributed by atoms with Gasteiger partial charge in [0.2, 0.25) is 0 Å². The molecule has 3 nitrogen and oxygen atoms in total. The summed E-state index contributed by atoms with van der Waals surface area (Å²) in [5.74, 6) is -0.174. The fourth-order valence-corrected chi connectivity index (χ4v) is 2.34. The molecule has 1 aliphatic rings. The minimum atomic E-state index is -0.174. The predicted molar refractivity (Wildman–Crippen MR) is 74.6 cm³/mol. The number of benzene rings is 1. The number of hydrogen-bond acceptors (Lipinski definition) is 3. The van der Waals surface area contributed by atoms with Crippen molar-refractivity contribution in [1.29, 1.82) is 0 Å². The molecule has 0 unspecified atom stereocenters. The van der Waals surface area contributed by atoms with Gasteiger partial charge in [0.05, 0.1) is 0 Å². The Kier molecular flexibility index (Phi) is 5.76. The monoisotopic (exact) mass is 266 g/mol. The number of likely N-dealkylation sites (N-methyl/N-ethyl adjacent to an activating group) is 1. The lowest BCUT2D eigenvalue weighted by atomic mass is 10.1. The quantitative estimate of drug-likeness (QED) is 0.852. The van der Waals surface area contributed by atoms with E-state index in [1.165, 1.54) is 12.1 Å². The number of hydrogen-bond donors (Lipinski definition) is 1. The highest BCUT2D eigenvalue weighted by molar-refractivity contribution is 5.15. The van der Waals surface area contributed by atoms with Crippen LogP contribution in [-0.2, 0) is 11.3 Å². The molecule has 0 aromatic heterocycles. The maximum Gasteiger partial charge on any atom is 0.123 e. The number of rotatable bonds is 6. The maximum absolute atomic E-state index is 12.8. The SMILES string of the molecule is CN(CCNC1CCOCC1)Cc1ccc(F)cc1. The van der Waals surface area contributed by atoms with Crippen molar-refractivity contribution in [2.45, 2.75) is 25.4 Å². The van der Waals surface area contributed by atoms with Crippen molar-refractivity contribution in [2.75, 3.05) is 33.4 Å². The van der Waals surface area contributed by atoms with Gasteiger partial charge in [0, 0.05) is 38.9 Å². The van der Waals surface area contributed by atoms with E-state index in [0.717, 1.165) is 51.3 Å². The van der Waals surface area contributed by atoms with Crippen LogP contribution in [0.25, 0.3) is 0 Å². The van der Waals surface area contributed by atoms with Gasteiger partial charge in [-0.1, -0.05) is 12.1 Å². The lowest BCUT2D eigenvalue weighted by molar-refractivity contribution is 0.0774. The Hall–Kier alpha value is -0.970. The van der Waals surface area contributed by atoms with Crippen LogP contribution in [0.4, 0.5) is 4.39 Å². The summed E-state index contributed by atoms with van der Waals surface area (Å²) in [6.07, 6.45) is 2.23. The van der Waals surface area contributed by atoms with E-state index in [9.17, 15) is 4.39 Å². The fourth-order valence-electron chi connectivity index (χ4n) is 2.34. The summed E-state index contributed by atoms with van der Waals surface area (Å²) in [6.45, 7) is 4.60. The third-order valence-electron chi connectivity index (χ3n) is 3.51. The highest BCUT2D eigenvalue weighted by Gasteiger charge is 2.12. The molecular formula is C15H23FN2O. The molecular weight excluding hydrogens is 243 g/mol. The van der Waals surface area contributed by atoms with Crippen molar-refractivity contribution in [3.8, 4) is 0 Å². The van der Waals surface area contributed by atoms with Crippen molar-refractivity contribution in [2.24, 2.45) is 0 Å².